The van der Waals surface area contributed by atoms with Gasteiger partial charge in [0.05, 0.1) is 0 Å². The van der Waals surface area contributed by atoms with E-state index in [-0.39, 0.29) is 5.91 Å². The minimum absolute atomic E-state index is 0.111. The minimum Gasteiger partial charge on any atom is -0.374 e. The Morgan fingerprint density at radius 1 is 1.30 bits per heavy atom. The van der Waals surface area contributed by atoms with Gasteiger partial charge in [-0.05, 0) is 49.2 Å². The number of amides is 1. The van der Waals surface area contributed by atoms with Crippen LogP contribution in [0.15, 0.2) is 36.4 Å². The average molecular weight is 267 g/mol. The van der Waals surface area contributed by atoms with Crippen LogP contribution in [-0.4, -0.2) is 24.5 Å². The van der Waals surface area contributed by atoms with Crippen molar-refractivity contribution in [2.45, 2.75) is 13.3 Å². The van der Waals surface area contributed by atoms with Crippen molar-refractivity contribution in [2.24, 2.45) is 0 Å². The number of nitrogens with zero attached hydrogens (tertiary/aromatic N) is 2. The van der Waals surface area contributed by atoms with Crippen LogP contribution in [0.2, 0.25) is 0 Å². The largest absolute Gasteiger partial charge is 0.374 e. The molecule has 20 heavy (non-hydrogen) atoms. The third kappa shape index (κ3) is 2.37. The Hall–Kier alpha value is -2.36. The topological polar surface area (TPSA) is 45.2 Å². The summed E-state index contributed by atoms with van der Waals surface area (Å²) in [5.74, 6) is 0.480. The van der Waals surface area contributed by atoms with E-state index < -0.39 is 0 Å². The number of pyridine rings is 1. The van der Waals surface area contributed by atoms with Gasteiger partial charge in [0.25, 0.3) is 5.91 Å². The summed E-state index contributed by atoms with van der Waals surface area (Å²) in [6.45, 7) is 2.92. The SMILES string of the molecule is Cc1cccc(NC(=O)c2ccc3c(c2)CCN3C)n1. The molecule has 102 valence electrons. The number of nitrogens with one attached hydrogen (secondary N) is 1. The number of likely N-dealkylation sites (N-methyl/N-ethyl adjacent to an activating group) is 1. The number of anilines is 2. The molecule has 1 N–H and O–H groups in total. The Bertz CT molecular complexity index is 667. The summed E-state index contributed by atoms with van der Waals surface area (Å²) in [5, 5.41) is 2.84. The van der Waals surface area contributed by atoms with Gasteiger partial charge in [-0.2, -0.15) is 0 Å². The quantitative estimate of drug-likeness (QED) is 0.909. The van der Waals surface area contributed by atoms with Crippen molar-refractivity contribution in [3.8, 4) is 0 Å². The van der Waals surface area contributed by atoms with Gasteiger partial charge < -0.3 is 10.2 Å². The van der Waals surface area contributed by atoms with Gasteiger partial charge in [-0.3, -0.25) is 4.79 Å². The first-order valence-corrected chi connectivity index (χ1v) is 6.72. The van der Waals surface area contributed by atoms with Crippen molar-refractivity contribution in [3.05, 3.63) is 53.2 Å². The van der Waals surface area contributed by atoms with Crippen LogP contribution in [-0.2, 0) is 6.42 Å². The smallest absolute Gasteiger partial charge is 0.256 e. The van der Waals surface area contributed by atoms with Gasteiger partial charge in [0.15, 0.2) is 0 Å². The highest BCUT2D eigenvalue weighted by atomic mass is 16.1. The summed E-state index contributed by atoms with van der Waals surface area (Å²) in [6, 6.07) is 11.4. The zero-order valence-electron chi connectivity index (χ0n) is 11.7. The number of aromatic nitrogens is 1. The maximum atomic E-state index is 12.2. The zero-order valence-corrected chi connectivity index (χ0v) is 11.7. The Labute approximate surface area is 118 Å². The van der Waals surface area contributed by atoms with Crippen LogP contribution >= 0.6 is 0 Å². The fourth-order valence-corrected chi connectivity index (χ4v) is 2.51. The fraction of sp³-hybridized carbons (Fsp3) is 0.250. The first-order valence-electron chi connectivity index (χ1n) is 6.72. The van der Waals surface area contributed by atoms with E-state index in [0.29, 0.717) is 11.4 Å². The first kappa shape index (κ1) is 12.7. The van der Waals surface area contributed by atoms with Crippen LogP contribution in [0, 0.1) is 6.92 Å². The molecular weight excluding hydrogens is 250 g/mol. The molecule has 0 saturated heterocycles. The molecule has 4 nitrogen and oxygen atoms in total. The highest BCUT2D eigenvalue weighted by molar-refractivity contribution is 6.04. The number of carbonyl (C=O) groups is 1. The van der Waals surface area contributed by atoms with Gasteiger partial charge in [-0.25, -0.2) is 4.98 Å². The third-order valence-corrected chi connectivity index (χ3v) is 3.60. The highest BCUT2D eigenvalue weighted by Crippen LogP contribution is 2.27. The molecule has 1 aromatic heterocycles. The predicted molar refractivity (Wildman–Crippen MR) is 80.3 cm³/mol. The zero-order chi connectivity index (χ0) is 14.1. The summed E-state index contributed by atoms with van der Waals surface area (Å²) >= 11 is 0. The normalized spacial score (nSPS) is 13.2. The molecule has 1 amide bonds. The van der Waals surface area contributed by atoms with E-state index in [1.165, 1.54) is 11.3 Å². The molecule has 0 bridgehead atoms. The summed E-state index contributed by atoms with van der Waals surface area (Å²) in [4.78, 5) is 18.7. The monoisotopic (exact) mass is 267 g/mol. The molecule has 0 saturated carbocycles. The number of rotatable bonds is 2. The number of carbonyl (C=O) groups excluding carboxylic acids is 1. The molecule has 0 spiro atoms. The maximum Gasteiger partial charge on any atom is 0.256 e. The summed E-state index contributed by atoms with van der Waals surface area (Å²) < 4.78 is 0. The van der Waals surface area contributed by atoms with E-state index in [0.717, 1.165) is 18.7 Å². The molecular formula is C16H17N3O. The van der Waals surface area contributed by atoms with Crippen molar-refractivity contribution in [1.29, 1.82) is 0 Å². The van der Waals surface area contributed by atoms with E-state index >= 15 is 0 Å². The van der Waals surface area contributed by atoms with E-state index in [9.17, 15) is 4.79 Å². The number of benzene rings is 1. The molecule has 4 heteroatoms. The number of fused-ring (bicyclic) bond motifs is 1. The molecule has 0 atom stereocenters. The highest BCUT2D eigenvalue weighted by Gasteiger charge is 2.17. The lowest BCUT2D eigenvalue weighted by atomic mass is 10.1. The molecule has 2 aromatic rings. The van der Waals surface area contributed by atoms with E-state index in [1.807, 2.05) is 37.3 Å². The fourth-order valence-electron chi connectivity index (χ4n) is 2.51. The lowest BCUT2D eigenvalue weighted by Gasteiger charge is -2.12. The van der Waals surface area contributed by atoms with Gasteiger partial charge in [-0.15, -0.1) is 0 Å². The Morgan fingerprint density at radius 2 is 2.15 bits per heavy atom. The van der Waals surface area contributed by atoms with Gasteiger partial charge in [0.2, 0.25) is 0 Å². The van der Waals surface area contributed by atoms with Crippen LogP contribution < -0.4 is 10.2 Å². The van der Waals surface area contributed by atoms with E-state index in [4.69, 9.17) is 0 Å². The Morgan fingerprint density at radius 3 is 2.95 bits per heavy atom. The van der Waals surface area contributed by atoms with Crippen molar-refractivity contribution in [3.63, 3.8) is 0 Å². The van der Waals surface area contributed by atoms with Crippen molar-refractivity contribution >= 4 is 17.4 Å². The summed E-state index contributed by atoms with van der Waals surface area (Å²) in [6.07, 6.45) is 0.996. The minimum atomic E-state index is -0.111. The van der Waals surface area contributed by atoms with Gasteiger partial charge in [-0.1, -0.05) is 6.07 Å². The molecule has 1 aliphatic rings. The van der Waals surface area contributed by atoms with Gasteiger partial charge in [0, 0.05) is 30.5 Å². The third-order valence-electron chi connectivity index (χ3n) is 3.60. The van der Waals surface area contributed by atoms with E-state index in [1.54, 1.807) is 6.07 Å². The second-order valence-corrected chi connectivity index (χ2v) is 5.13. The molecule has 0 aliphatic carbocycles. The summed E-state index contributed by atoms with van der Waals surface area (Å²) in [5.41, 5.74) is 4.02. The Balaban J connectivity index is 1.81. The maximum absolute atomic E-state index is 12.2. The van der Waals surface area contributed by atoms with Crippen molar-refractivity contribution in [1.82, 2.24) is 4.98 Å². The molecule has 0 radical (unpaired) electrons. The van der Waals surface area contributed by atoms with Gasteiger partial charge >= 0.3 is 0 Å². The summed E-state index contributed by atoms with van der Waals surface area (Å²) in [7, 11) is 2.07. The standard InChI is InChI=1S/C16H17N3O/c1-11-4-3-5-15(17-11)18-16(20)13-6-7-14-12(10-13)8-9-19(14)2/h3-7,10H,8-9H2,1-2H3,(H,17,18,20). The average Bonchev–Trinajstić information content (AvgIpc) is 2.80. The number of aryl methyl sites for hydroxylation is 1. The predicted octanol–water partition coefficient (Wildman–Crippen LogP) is 2.63. The molecule has 0 fully saturated rings. The van der Waals surface area contributed by atoms with Crippen LogP contribution in [0.5, 0.6) is 0 Å². The molecule has 3 rings (SSSR count). The second kappa shape index (κ2) is 4.96. The van der Waals surface area contributed by atoms with Crippen LogP contribution in [0.1, 0.15) is 21.6 Å². The van der Waals surface area contributed by atoms with Gasteiger partial charge in [0.1, 0.15) is 5.82 Å². The van der Waals surface area contributed by atoms with Crippen LogP contribution in [0.4, 0.5) is 11.5 Å². The van der Waals surface area contributed by atoms with Crippen LogP contribution in [0.3, 0.4) is 0 Å². The Kier molecular flexibility index (Phi) is 3.14. The van der Waals surface area contributed by atoms with Crippen molar-refractivity contribution in [2.75, 3.05) is 23.8 Å². The number of hydrogen-bond acceptors (Lipinski definition) is 3. The molecule has 1 aromatic carbocycles. The molecule has 0 unspecified atom stereocenters. The first-order chi connectivity index (χ1) is 9.63. The molecule has 1 aliphatic heterocycles. The molecule has 2 heterocycles. The second-order valence-electron chi connectivity index (χ2n) is 5.13. The van der Waals surface area contributed by atoms with Crippen LogP contribution in [0.25, 0.3) is 0 Å². The lowest BCUT2D eigenvalue weighted by Crippen LogP contribution is -2.14. The lowest BCUT2D eigenvalue weighted by molar-refractivity contribution is 0.102. The van der Waals surface area contributed by atoms with E-state index in [2.05, 4.69) is 22.2 Å². The van der Waals surface area contributed by atoms with Crippen molar-refractivity contribution < 1.29 is 4.79 Å². The number of hydrogen-bond donors (Lipinski definition) is 1.